The summed E-state index contributed by atoms with van der Waals surface area (Å²) in [5.74, 6) is 3.04. The van der Waals surface area contributed by atoms with Crippen molar-refractivity contribution in [1.29, 1.82) is 0 Å². The fourth-order valence-corrected chi connectivity index (χ4v) is 13.7. The molecule has 0 aliphatic heterocycles. The summed E-state index contributed by atoms with van der Waals surface area (Å²) in [5.41, 5.74) is -0.145. The highest BCUT2D eigenvalue weighted by atomic mass is 16.4. The number of rotatable bonds is 6. The highest BCUT2D eigenvalue weighted by molar-refractivity contribution is 5.77. The smallest absolute Gasteiger partial charge is 0.310 e. The number of carboxylic acids is 1. The molecule has 0 amide bonds. The molecular weight excluding hydrogens is 476 g/mol. The lowest BCUT2D eigenvalue weighted by Crippen LogP contribution is -2.72. The van der Waals surface area contributed by atoms with Crippen LogP contribution in [0.4, 0.5) is 0 Å². The Balaban J connectivity index is 1.65. The number of carbonyl (C=O) groups is 1. The van der Waals surface area contributed by atoms with E-state index in [4.69, 9.17) is 0 Å². The lowest BCUT2D eigenvalue weighted by Gasteiger charge is -2.75. The van der Waals surface area contributed by atoms with Gasteiger partial charge in [0, 0.05) is 0 Å². The molecule has 6 fully saturated rings. The first-order valence-corrected chi connectivity index (χ1v) is 18.4. The molecule has 39 heavy (non-hydrogen) atoms. The van der Waals surface area contributed by atoms with Gasteiger partial charge in [-0.3, -0.25) is 4.79 Å². The Kier molecular flexibility index (Phi) is 9.07. The zero-order valence-corrected chi connectivity index (χ0v) is 25.5. The Bertz CT molecular complexity index is 750. The third-order valence-corrected chi connectivity index (χ3v) is 14.5. The molecule has 0 saturated heterocycles. The van der Waals surface area contributed by atoms with Crippen molar-refractivity contribution in [3.05, 3.63) is 0 Å². The lowest BCUT2D eigenvalue weighted by molar-refractivity contribution is -0.281. The average molecular weight is 539 g/mol. The van der Waals surface area contributed by atoms with Crippen LogP contribution in [0.1, 0.15) is 180 Å². The molecule has 0 heterocycles. The largest absolute Gasteiger partial charge is 0.481 e. The monoisotopic (exact) mass is 538 g/mol. The molecule has 222 valence electrons. The molecule has 6 aliphatic carbocycles. The topological polar surface area (TPSA) is 37.3 Å². The maximum atomic E-state index is 14.5. The molecule has 0 aromatic rings. The van der Waals surface area contributed by atoms with Crippen molar-refractivity contribution < 1.29 is 9.90 Å². The van der Waals surface area contributed by atoms with E-state index in [0.29, 0.717) is 17.8 Å². The molecule has 0 aromatic heterocycles. The van der Waals surface area contributed by atoms with Gasteiger partial charge < -0.3 is 5.11 Å². The van der Waals surface area contributed by atoms with E-state index in [1.54, 1.807) is 0 Å². The van der Waals surface area contributed by atoms with E-state index in [9.17, 15) is 9.90 Å². The highest BCUT2D eigenvalue weighted by Gasteiger charge is 2.76. The molecule has 0 spiro atoms. The molecular formula is C37H62O2. The van der Waals surface area contributed by atoms with Crippen molar-refractivity contribution in [2.24, 2.45) is 45.8 Å². The predicted octanol–water partition coefficient (Wildman–Crippen LogP) is 11.1. The average Bonchev–Trinajstić information content (AvgIpc) is 3.02. The number of carboxylic acid groups (broad SMARTS) is 1. The molecule has 2 nitrogen and oxygen atoms in total. The van der Waals surface area contributed by atoms with E-state index >= 15 is 0 Å². The van der Waals surface area contributed by atoms with Crippen LogP contribution >= 0.6 is 0 Å². The maximum absolute atomic E-state index is 14.5. The summed E-state index contributed by atoms with van der Waals surface area (Å²) >= 11 is 0. The third-order valence-electron chi connectivity index (χ3n) is 14.5. The second-order valence-corrected chi connectivity index (χ2v) is 15.7. The van der Waals surface area contributed by atoms with Crippen molar-refractivity contribution in [1.82, 2.24) is 0 Å². The first-order valence-electron chi connectivity index (χ1n) is 18.4. The second-order valence-electron chi connectivity index (χ2n) is 15.7. The first-order chi connectivity index (χ1) is 19.2. The van der Waals surface area contributed by atoms with E-state index in [0.717, 1.165) is 18.3 Å². The summed E-state index contributed by atoms with van der Waals surface area (Å²) in [6.45, 7) is 0. The van der Waals surface area contributed by atoms with Crippen LogP contribution in [-0.2, 0) is 4.79 Å². The van der Waals surface area contributed by atoms with Gasteiger partial charge in [-0.1, -0.05) is 103 Å². The van der Waals surface area contributed by atoms with Crippen LogP contribution in [0.2, 0.25) is 0 Å². The van der Waals surface area contributed by atoms with Crippen LogP contribution in [0.15, 0.2) is 0 Å². The lowest BCUT2D eigenvalue weighted by atomic mass is 9.28. The van der Waals surface area contributed by atoms with Gasteiger partial charge in [-0.05, 0) is 117 Å². The standard InChI is InChI=1S/C37H62O2/c38-34(39)36(31-21-10-3-11-22-31)28-16-27-35(29-17-6-1-7-18-29,30-19-8-2-9-20-30)37(36,32-23-12-4-13-24-32)33-25-14-5-15-26-33/h29-33H,1-28H2,(H,38,39). The summed E-state index contributed by atoms with van der Waals surface area (Å²) in [4.78, 5) is 14.5. The van der Waals surface area contributed by atoms with E-state index < -0.39 is 5.41 Å². The fourth-order valence-electron chi connectivity index (χ4n) is 13.7. The molecule has 1 atom stereocenters. The normalized spacial score (nSPS) is 34.6. The van der Waals surface area contributed by atoms with Crippen LogP contribution in [0.25, 0.3) is 0 Å². The summed E-state index contributed by atoms with van der Waals surface area (Å²) < 4.78 is 0. The number of hydrogen-bond acceptors (Lipinski definition) is 1. The molecule has 6 saturated carbocycles. The number of hydrogen-bond donors (Lipinski definition) is 1. The Morgan fingerprint density at radius 1 is 0.410 bits per heavy atom. The molecule has 6 aliphatic rings. The van der Waals surface area contributed by atoms with E-state index in [2.05, 4.69) is 0 Å². The van der Waals surface area contributed by atoms with Crippen molar-refractivity contribution in [3.8, 4) is 0 Å². The molecule has 0 bridgehead atoms. The molecule has 2 heteroatoms. The van der Waals surface area contributed by atoms with Crippen LogP contribution in [0.3, 0.4) is 0 Å². The highest BCUT2D eigenvalue weighted by Crippen LogP contribution is 2.79. The molecule has 0 aromatic carbocycles. The van der Waals surface area contributed by atoms with Gasteiger partial charge in [0.05, 0.1) is 5.41 Å². The van der Waals surface area contributed by atoms with Gasteiger partial charge >= 0.3 is 5.97 Å². The molecule has 0 radical (unpaired) electrons. The van der Waals surface area contributed by atoms with Crippen LogP contribution < -0.4 is 0 Å². The first kappa shape index (κ1) is 28.6. The minimum atomic E-state index is -0.468. The van der Waals surface area contributed by atoms with Crippen LogP contribution in [0, 0.1) is 45.8 Å². The third kappa shape index (κ3) is 4.58. The summed E-state index contributed by atoms with van der Waals surface area (Å²) in [7, 11) is 0. The predicted molar refractivity (Wildman–Crippen MR) is 162 cm³/mol. The van der Waals surface area contributed by atoms with Crippen molar-refractivity contribution in [2.75, 3.05) is 0 Å². The van der Waals surface area contributed by atoms with Gasteiger partial charge in [-0.25, -0.2) is 0 Å². The maximum Gasteiger partial charge on any atom is 0.310 e. The van der Waals surface area contributed by atoms with Gasteiger partial charge in [0.1, 0.15) is 0 Å². The Labute approximate surface area is 241 Å². The Morgan fingerprint density at radius 2 is 0.744 bits per heavy atom. The molecule has 6 rings (SSSR count). The van der Waals surface area contributed by atoms with E-state index in [1.807, 2.05) is 0 Å². The zero-order chi connectivity index (χ0) is 26.8. The fraction of sp³-hybridized carbons (Fsp3) is 0.973. The summed E-state index contributed by atoms with van der Waals surface area (Å²) in [6.07, 6.45) is 37.7. The quantitative estimate of drug-likeness (QED) is 0.365. The molecule has 1 unspecified atom stereocenters. The number of aliphatic carboxylic acids is 1. The van der Waals surface area contributed by atoms with Crippen LogP contribution in [0.5, 0.6) is 0 Å². The SMILES string of the molecule is O=C(O)C1(C2CCCCC2)CCCC(C2CCCCC2)(C2CCCCC2)C1(C1CCCCC1)C1CCCCC1. The summed E-state index contributed by atoms with van der Waals surface area (Å²) in [5, 5.41) is 12.0. The van der Waals surface area contributed by atoms with E-state index in [-0.39, 0.29) is 16.8 Å². The van der Waals surface area contributed by atoms with Crippen molar-refractivity contribution in [3.63, 3.8) is 0 Å². The minimum Gasteiger partial charge on any atom is -0.481 e. The summed E-state index contributed by atoms with van der Waals surface area (Å²) in [6, 6.07) is 0. The van der Waals surface area contributed by atoms with Crippen molar-refractivity contribution in [2.45, 2.75) is 180 Å². The van der Waals surface area contributed by atoms with Gasteiger partial charge in [0.2, 0.25) is 0 Å². The van der Waals surface area contributed by atoms with Crippen molar-refractivity contribution >= 4 is 5.97 Å². The van der Waals surface area contributed by atoms with Gasteiger partial charge in [-0.2, -0.15) is 0 Å². The zero-order valence-electron chi connectivity index (χ0n) is 25.5. The Morgan fingerprint density at radius 3 is 1.10 bits per heavy atom. The van der Waals surface area contributed by atoms with Crippen LogP contribution in [-0.4, -0.2) is 11.1 Å². The minimum absolute atomic E-state index is 0.0386. The van der Waals surface area contributed by atoms with Gasteiger partial charge in [0.25, 0.3) is 0 Å². The van der Waals surface area contributed by atoms with Gasteiger partial charge in [0.15, 0.2) is 0 Å². The molecule has 1 N–H and O–H groups in total. The second kappa shape index (κ2) is 12.4. The Hall–Kier alpha value is -0.530. The van der Waals surface area contributed by atoms with E-state index in [1.165, 1.54) is 173 Å². The van der Waals surface area contributed by atoms with Gasteiger partial charge in [-0.15, -0.1) is 0 Å².